The highest BCUT2D eigenvalue weighted by Gasteiger charge is 2.34. The minimum atomic E-state index is -4.00. The molecule has 2 aromatic carbocycles. The van der Waals surface area contributed by atoms with Crippen LogP contribution in [0.3, 0.4) is 0 Å². The van der Waals surface area contributed by atoms with Crippen LogP contribution in [0.25, 0.3) is 0 Å². The summed E-state index contributed by atoms with van der Waals surface area (Å²) in [5.74, 6) is -0.0770. The molecule has 0 aromatic heterocycles. The number of benzene rings is 2. The number of carbonyl (C=O) groups is 1. The molecule has 0 bridgehead atoms. The third-order valence-electron chi connectivity index (χ3n) is 3.14. The molecule has 6 nitrogen and oxygen atoms in total. The van der Waals surface area contributed by atoms with Gasteiger partial charge in [0.2, 0.25) is 0 Å². The number of hydrogen-bond acceptors (Lipinski definition) is 5. The summed E-state index contributed by atoms with van der Waals surface area (Å²) in [5, 5.41) is 2.89. The quantitative estimate of drug-likeness (QED) is 0.282. The zero-order chi connectivity index (χ0) is 20.0. The number of carbonyl (C=O) groups excluding carboxylic acids is 1. The standard InChI is InChI=1S/C18H20ClINO5P/c1-12(2)24-18(22)13(3)21-27(23,25-15-7-5-4-6-8-15)26-17-10-9-14(20)11-16(17)19/h4-13H,1-3H3,(H,21,23)/t13-,27?/m0/s1. The summed E-state index contributed by atoms with van der Waals surface area (Å²) in [6.45, 7) is 4.98. The van der Waals surface area contributed by atoms with Gasteiger partial charge in [0.05, 0.1) is 11.1 Å². The molecule has 9 heteroatoms. The minimum absolute atomic E-state index is 0.174. The van der Waals surface area contributed by atoms with Crippen LogP contribution in [0.1, 0.15) is 20.8 Å². The maximum absolute atomic E-state index is 13.4. The maximum Gasteiger partial charge on any atom is 0.513 e. The average molecular weight is 524 g/mol. The lowest BCUT2D eigenvalue weighted by atomic mass is 10.3. The fourth-order valence-corrected chi connectivity index (χ4v) is 4.48. The predicted molar refractivity (Wildman–Crippen MR) is 113 cm³/mol. The molecule has 146 valence electrons. The van der Waals surface area contributed by atoms with E-state index in [9.17, 15) is 9.36 Å². The summed E-state index contributed by atoms with van der Waals surface area (Å²) in [6.07, 6.45) is -0.303. The van der Waals surface area contributed by atoms with Gasteiger partial charge in [-0.2, -0.15) is 5.09 Å². The van der Waals surface area contributed by atoms with Crippen LogP contribution in [0.4, 0.5) is 0 Å². The van der Waals surface area contributed by atoms with Gasteiger partial charge in [0, 0.05) is 3.57 Å². The van der Waals surface area contributed by atoms with Gasteiger partial charge in [0.15, 0.2) is 0 Å². The van der Waals surface area contributed by atoms with Crippen molar-refractivity contribution in [1.29, 1.82) is 0 Å². The van der Waals surface area contributed by atoms with Crippen LogP contribution < -0.4 is 14.1 Å². The van der Waals surface area contributed by atoms with Crippen LogP contribution >= 0.6 is 41.9 Å². The van der Waals surface area contributed by atoms with Gasteiger partial charge in [0.25, 0.3) is 0 Å². The summed E-state index contributed by atoms with van der Waals surface area (Å²) in [7, 11) is -4.00. The van der Waals surface area contributed by atoms with E-state index in [2.05, 4.69) is 27.7 Å². The Bertz CT molecular complexity index is 834. The molecule has 0 aliphatic rings. The van der Waals surface area contributed by atoms with Crippen LogP contribution in [0.15, 0.2) is 48.5 Å². The molecule has 0 amide bonds. The van der Waals surface area contributed by atoms with Gasteiger partial charge >= 0.3 is 13.7 Å². The first-order valence-electron chi connectivity index (χ1n) is 8.16. The zero-order valence-corrected chi connectivity index (χ0v) is 18.8. The fraction of sp³-hybridized carbons (Fsp3) is 0.278. The Morgan fingerprint density at radius 1 is 1.11 bits per heavy atom. The number of halogens is 2. The number of esters is 1. The van der Waals surface area contributed by atoms with Crippen LogP contribution in [-0.4, -0.2) is 18.1 Å². The molecule has 0 aliphatic carbocycles. The molecule has 1 N–H and O–H groups in total. The second kappa shape index (κ2) is 9.78. The third kappa shape index (κ3) is 6.99. The van der Waals surface area contributed by atoms with Gasteiger partial charge in [-0.05, 0) is 73.7 Å². The minimum Gasteiger partial charge on any atom is -0.462 e. The summed E-state index contributed by atoms with van der Waals surface area (Å²) < 4.78 is 30.6. The van der Waals surface area contributed by atoms with E-state index in [1.807, 2.05) is 0 Å². The highest BCUT2D eigenvalue weighted by atomic mass is 127. The lowest BCUT2D eigenvalue weighted by molar-refractivity contribution is -0.149. The molecule has 0 fully saturated rings. The average Bonchev–Trinajstić information content (AvgIpc) is 2.57. The molecule has 2 aromatic rings. The molecule has 2 atom stereocenters. The van der Waals surface area contributed by atoms with E-state index in [1.54, 1.807) is 62.4 Å². The van der Waals surface area contributed by atoms with E-state index in [0.29, 0.717) is 5.75 Å². The van der Waals surface area contributed by atoms with E-state index < -0.39 is 19.8 Å². The lowest BCUT2D eigenvalue weighted by Crippen LogP contribution is -2.36. The van der Waals surface area contributed by atoms with E-state index in [0.717, 1.165) is 3.57 Å². The van der Waals surface area contributed by atoms with Gasteiger partial charge in [0.1, 0.15) is 17.5 Å². The molecule has 2 rings (SSSR count). The van der Waals surface area contributed by atoms with Crippen molar-refractivity contribution in [3.63, 3.8) is 0 Å². The van der Waals surface area contributed by atoms with Crippen molar-refractivity contribution < 1.29 is 23.1 Å². The van der Waals surface area contributed by atoms with Crippen LogP contribution in [0.2, 0.25) is 5.02 Å². The van der Waals surface area contributed by atoms with E-state index in [4.69, 9.17) is 25.4 Å². The Hall–Kier alpha value is -1.28. The van der Waals surface area contributed by atoms with Crippen molar-refractivity contribution in [3.05, 3.63) is 57.1 Å². The van der Waals surface area contributed by atoms with Gasteiger partial charge in [-0.3, -0.25) is 4.79 Å². The molecule has 0 heterocycles. The smallest absolute Gasteiger partial charge is 0.462 e. The number of rotatable bonds is 8. The zero-order valence-electron chi connectivity index (χ0n) is 15.0. The number of para-hydroxylation sites is 1. The van der Waals surface area contributed by atoms with Crippen LogP contribution in [0.5, 0.6) is 11.5 Å². The number of hydrogen-bond donors (Lipinski definition) is 1. The van der Waals surface area contributed by atoms with Crippen molar-refractivity contribution >= 4 is 47.9 Å². The molecular weight excluding hydrogens is 504 g/mol. The molecule has 1 unspecified atom stereocenters. The fourth-order valence-electron chi connectivity index (χ4n) is 1.99. The SMILES string of the molecule is CC(C)OC(=O)[C@H](C)NP(=O)(Oc1ccccc1)Oc1ccc(I)cc1Cl. The van der Waals surface area contributed by atoms with E-state index >= 15 is 0 Å². The Morgan fingerprint density at radius 3 is 2.37 bits per heavy atom. The lowest BCUT2D eigenvalue weighted by Gasteiger charge is -2.24. The summed E-state index contributed by atoms with van der Waals surface area (Å²) in [4.78, 5) is 12.1. The highest BCUT2D eigenvalue weighted by molar-refractivity contribution is 14.1. The number of ether oxygens (including phenoxy) is 1. The van der Waals surface area contributed by atoms with Crippen LogP contribution in [0, 0.1) is 3.57 Å². The summed E-state index contributed by atoms with van der Waals surface area (Å²) in [6, 6.07) is 12.6. The van der Waals surface area contributed by atoms with Gasteiger partial charge < -0.3 is 13.8 Å². The van der Waals surface area contributed by atoms with Crippen LogP contribution in [-0.2, 0) is 14.1 Å². The molecule has 27 heavy (non-hydrogen) atoms. The van der Waals surface area contributed by atoms with E-state index in [1.165, 1.54) is 6.92 Å². The second-order valence-corrected chi connectivity index (χ2v) is 9.18. The Morgan fingerprint density at radius 2 is 1.78 bits per heavy atom. The highest BCUT2D eigenvalue weighted by Crippen LogP contribution is 2.47. The Balaban J connectivity index is 2.27. The summed E-state index contributed by atoms with van der Waals surface area (Å²) >= 11 is 8.28. The van der Waals surface area contributed by atoms with Gasteiger partial charge in [-0.25, -0.2) is 4.57 Å². The van der Waals surface area contributed by atoms with Crippen molar-refractivity contribution in [3.8, 4) is 11.5 Å². The van der Waals surface area contributed by atoms with Crippen molar-refractivity contribution in [2.45, 2.75) is 32.9 Å². The molecule has 0 saturated heterocycles. The first kappa shape index (κ1) is 22.0. The molecule has 0 saturated carbocycles. The van der Waals surface area contributed by atoms with Gasteiger partial charge in [-0.15, -0.1) is 0 Å². The second-order valence-electron chi connectivity index (χ2n) is 5.90. The first-order valence-corrected chi connectivity index (χ1v) is 11.2. The Kier molecular flexibility index (Phi) is 7.97. The first-order chi connectivity index (χ1) is 12.7. The van der Waals surface area contributed by atoms with Crippen molar-refractivity contribution in [1.82, 2.24) is 5.09 Å². The maximum atomic E-state index is 13.4. The Labute approximate surface area is 177 Å². The number of nitrogens with one attached hydrogen (secondary N) is 1. The van der Waals surface area contributed by atoms with Crippen molar-refractivity contribution in [2.75, 3.05) is 0 Å². The normalized spacial score (nSPS) is 14.3. The predicted octanol–water partition coefficient (Wildman–Crippen LogP) is 5.44. The largest absolute Gasteiger partial charge is 0.513 e. The van der Waals surface area contributed by atoms with Crippen molar-refractivity contribution in [2.24, 2.45) is 0 Å². The monoisotopic (exact) mass is 523 g/mol. The third-order valence-corrected chi connectivity index (χ3v) is 5.70. The molecule has 0 aliphatic heterocycles. The molecular formula is C18H20ClINO5P. The molecule has 0 spiro atoms. The van der Waals surface area contributed by atoms with Gasteiger partial charge in [-0.1, -0.05) is 29.8 Å². The summed E-state index contributed by atoms with van der Waals surface area (Å²) in [5.41, 5.74) is 0. The van der Waals surface area contributed by atoms with E-state index in [-0.39, 0.29) is 16.9 Å². The molecule has 0 radical (unpaired) electrons. The topological polar surface area (TPSA) is 73.9 Å².